The van der Waals surface area contributed by atoms with Crippen LogP contribution in [0, 0.1) is 0 Å². The second-order valence-electron chi connectivity index (χ2n) is 18.1. The zero-order chi connectivity index (χ0) is 47.4. The Morgan fingerprint density at radius 2 is 0.846 bits per heavy atom. The van der Waals surface area contributed by atoms with Gasteiger partial charge in [0.15, 0.2) is 6.10 Å². The van der Waals surface area contributed by atoms with E-state index in [-0.39, 0.29) is 38.6 Å². The van der Waals surface area contributed by atoms with Crippen LogP contribution in [0.5, 0.6) is 0 Å². The molecule has 2 unspecified atom stereocenters. The highest BCUT2D eigenvalue weighted by Crippen LogP contribution is 2.43. The molecule has 0 fully saturated rings. The number of nitrogens with two attached hydrogens (primary N) is 1. The van der Waals surface area contributed by atoms with Gasteiger partial charge < -0.3 is 20.1 Å². The molecule has 0 radical (unpaired) electrons. The largest absolute Gasteiger partial charge is 0.472 e. The Kier molecular flexibility index (Phi) is 49.8. The quantitative estimate of drug-likeness (QED) is 0.0265. The molecule has 0 aromatic carbocycles. The Bertz CT molecular complexity index is 1200. The smallest absolute Gasteiger partial charge is 0.462 e. The van der Waals surface area contributed by atoms with E-state index < -0.39 is 26.5 Å². The number of rotatable bonds is 51. The molecule has 2 atom stereocenters. The summed E-state index contributed by atoms with van der Waals surface area (Å²) in [6.45, 7) is 3.63. The zero-order valence-electron chi connectivity index (χ0n) is 42.2. The van der Waals surface area contributed by atoms with Crippen molar-refractivity contribution in [1.29, 1.82) is 0 Å². The van der Waals surface area contributed by atoms with Crippen LogP contribution in [0.15, 0.2) is 48.6 Å². The second kappa shape index (κ2) is 51.4. The molecule has 0 saturated heterocycles. The SMILES string of the molecule is CC/C=C\C/C=C\C/C=C\C/C=C\CCCCCCC(=O)OC(COC(=O)CCCCCCCCCCCCCCCCCCCCCCCCCCCCC)COP(=O)(O)OCCN. The standard InChI is InChI=1S/C55H102NO8P/c1-3-5-7-9-11-13-15-17-19-21-22-23-24-25-26-27-28-29-30-32-33-35-37-39-41-43-45-47-54(57)61-51-53(52-63-65(59,60)62-50-49-56)64-55(58)48-46-44-42-40-38-36-34-31-20-18-16-14-12-10-8-6-4-2/h6,8,12,14,18,20,34,36,53H,3-5,7,9-11,13,15-17,19,21-33,35,37-52,56H2,1-2H3,(H,59,60)/b8-6-,14-12-,20-18-,36-34-. The summed E-state index contributed by atoms with van der Waals surface area (Å²) in [4.78, 5) is 35.1. The van der Waals surface area contributed by atoms with Crippen LogP contribution in [0.3, 0.4) is 0 Å². The summed E-state index contributed by atoms with van der Waals surface area (Å²) < 4.78 is 32.9. The number of allylic oxidation sites excluding steroid dienone is 8. The first-order valence-electron chi connectivity index (χ1n) is 27.1. The monoisotopic (exact) mass is 936 g/mol. The van der Waals surface area contributed by atoms with Gasteiger partial charge in [-0.1, -0.05) is 242 Å². The number of ether oxygens (including phenoxy) is 2. The predicted molar refractivity (Wildman–Crippen MR) is 275 cm³/mol. The van der Waals surface area contributed by atoms with Crippen LogP contribution in [0.25, 0.3) is 0 Å². The Hall–Kier alpha value is -2.03. The number of carbonyl (C=O) groups is 2. The fraction of sp³-hybridized carbons (Fsp3) is 0.818. The number of phosphoric ester groups is 1. The van der Waals surface area contributed by atoms with Crippen molar-refractivity contribution < 1.29 is 37.6 Å². The van der Waals surface area contributed by atoms with Gasteiger partial charge >= 0.3 is 19.8 Å². The molecular weight excluding hydrogens is 834 g/mol. The molecule has 0 rings (SSSR count). The Morgan fingerprint density at radius 1 is 0.477 bits per heavy atom. The highest BCUT2D eigenvalue weighted by molar-refractivity contribution is 7.47. The van der Waals surface area contributed by atoms with Crippen molar-refractivity contribution >= 4 is 19.8 Å². The maximum absolute atomic E-state index is 12.6. The van der Waals surface area contributed by atoms with Gasteiger partial charge in [0.2, 0.25) is 0 Å². The molecular formula is C55H102NO8P. The zero-order valence-corrected chi connectivity index (χ0v) is 43.1. The average Bonchev–Trinajstić information content (AvgIpc) is 3.30. The Balaban J connectivity index is 3.95. The van der Waals surface area contributed by atoms with E-state index in [0.29, 0.717) is 6.42 Å². The first kappa shape index (κ1) is 63.0. The highest BCUT2D eigenvalue weighted by Gasteiger charge is 2.26. The maximum Gasteiger partial charge on any atom is 0.472 e. The van der Waals surface area contributed by atoms with Crippen LogP contribution in [-0.4, -0.2) is 49.3 Å². The molecule has 0 aliphatic carbocycles. The van der Waals surface area contributed by atoms with E-state index in [4.69, 9.17) is 24.3 Å². The third-order valence-electron chi connectivity index (χ3n) is 11.7. The normalized spacial score (nSPS) is 13.5. The lowest BCUT2D eigenvalue weighted by Gasteiger charge is -2.19. The van der Waals surface area contributed by atoms with Crippen LogP contribution in [0.2, 0.25) is 0 Å². The molecule has 0 aromatic rings. The Labute approximate surface area is 400 Å². The summed E-state index contributed by atoms with van der Waals surface area (Å²) in [6.07, 6.45) is 61.7. The van der Waals surface area contributed by atoms with Gasteiger partial charge in [-0.05, 0) is 51.4 Å². The molecule has 380 valence electrons. The average molecular weight is 936 g/mol. The summed E-state index contributed by atoms with van der Waals surface area (Å²) in [5, 5.41) is 0. The van der Waals surface area contributed by atoms with Gasteiger partial charge in [-0.3, -0.25) is 18.6 Å². The van der Waals surface area contributed by atoms with Gasteiger partial charge in [0, 0.05) is 19.4 Å². The first-order chi connectivity index (χ1) is 31.8. The van der Waals surface area contributed by atoms with Gasteiger partial charge in [-0.2, -0.15) is 0 Å². The minimum absolute atomic E-state index is 0.0487. The summed E-state index contributed by atoms with van der Waals surface area (Å²) in [7, 11) is -4.39. The molecule has 0 aliphatic heterocycles. The van der Waals surface area contributed by atoms with Gasteiger partial charge in [0.1, 0.15) is 6.61 Å². The summed E-state index contributed by atoms with van der Waals surface area (Å²) >= 11 is 0. The van der Waals surface area contributed by atoms with Crippen molar-refractivity contribution in [2.45, 2.75) is 264 Å². The Morgan fingerprint density at radius 3 is 1.26 bits per heavy atom. The molecule has 0 spiro atoms. The summed E-state index contributed by atoms with van der Waals surface area (Å²) in [5.41, 5.74) is 5.37. The molecule has 0 aromatic heterocycles. The number of hydrogen-bond donors (Lipinski definition) is 2. The molecule has 0 amide bonds. The molecule has 0 saturated carbocycles. The van der Waals surface area contributed by atoms with Gasteiger partial charge in [-0.15, -0.1) is 0 Å². The number of hydrogen-bond acceptors (Lipinski definition) is 8. The van der Waals surface area contributed by atoms with Gasteiger partial charge in [0.05, 0.1) is 13.2 Å². The van der Waals surface area contributed by atoms with E-state index in [2.05, 4.69) is 62.5 Å². The summed E-state index contributed by atoms with van der Waals surface area (Å²) in [5.74, 6) is -0.847. The number of unbranched alkanes of at least 4 members (excludes halogenated alkanes) is 30. The highest BCUT2D eigenvalue weighted by atomic mass is 31.2. The molecule has 10 heteroatoms. The van der Waals surface area contributed by atoms with Crippen molar-refractivity contribution in [2.24, 2.45) is 5.73 Å². The van der Waals surface area contributed by atoms with Crippen molar-refractivity contribution in [3.05, 3.63) is 48.6 Å². The van der Waals surface area contributed by atoms with E-state index in [0.717, 1.165) is 70.6 Å². The van der Waals surface area contributed by atoms with E-state index in [1.807, 2.05) is 0 Å². The van der Waals surface area contributed by atoms with Crippen LogP contribution >= 0.6 is 7.82 Å². The van der Waals surface area contributed by atoms with Crippen LogP contribution in [-0.2, 0) is 32.7 Å². The molecule has 65 heavy (non-hydrogen) atoms. The van der Waals surface area contributed by atoms with E-state index in [1.54, 1.807) is 0 Å². The lowest BCUT2D eigenvalue weighted by molar-refractivity contribution is -0.161. The third kappa shape index (κ3) is 51.2. The number of phosphoric acid groups is 1. The van der Waals surface area contributed by atoms with Crippen molar-refractivity contribution in [1.82, 2.24) is 0 Å². The maximum atomic E-state index is 12.6. The third-order valence-corrected chi connectivity index (χ3v) is 12.7. The first-order valence-corrected chi connectivity index (χ1v) is 28.6. The van der Waals surface area contributed by atoms with Crippen molar-refractivity contribution in [3.63, 3.8) is 0 Å². The van der Waals surface area contributed by atoms with Crippen LogP contribution < -0.4 is 5.73 Å². The number of esters is 2. The number of carbonyl (C=O) groups excluding carboxylic acids is 2. The van der Waals surface area contributed by atoms with Gasteiger partial charge in [0.25, 0.3) is 0 Å². The van der Waals surface area contributed by atoms with Crippen LogP contribution in [0.1, 0.15) is 258 Å². The minimum atomic E-state index is -4.39. The molecule has 9 nitrogen and oxygen atoms in total. The second-order valence-corrected chi connectivity index (χ2v) is 19.5. The van der Waals surface area contributed by atoms with E-state index in [9.17, 15) is 19.0 Å². The van der Waals surface area contributed by atoms with Crippen LogP contribution in [0.4, 0.5) is 0 Å². The molecule has 3 N–H and O–H groups in total. The van der Waals surface area contributed by atoms with Crippen molar-refractivity contribution in [3.8, 4) is 0 Å². The molecule has 0 aliphatic rings. The topological polar surface area (TPSA) is 134 Å². The van der Waals surface area contributed by atoms with E-state index in [1.165, 1.54) is 154 Å². The summed E-state index contributed by atoms with van der Waals surface area (Å²) in [6, 6.07) is 0. The molecule has 0 heterocycles. The van der Waals surface area contributed by atoms with Gasteiger partial charge in [-0.25, -0.2) is 4.57 Å². The predicted octanol–water partition coefficient (Wildman–Crippen LogP) is 16.6. The lowest BCUT2D eigenvalue weighted by Crippen LogP contribution is -2.29. The fourth-order valence-corrected chi connectivity index (χ4v) is 8.51. The van der Waals surface area contributed by atoms with E-state index >= 15 is 0 Å². The fourth-order valence-electron chi connectivity index (χ4n) is 7.75. The lowest BCUT2D eigenvalue weighted by atomic mass is 10.0. The minimum Gasteiger partial charge on any atom is -0.462 e. The molecule has 0 bridgehead atoms. The van der Waals surface area contributed by atoms with Crippen molar-refractivity contribution in [2.75, 3.05) is 26.4 Å².